The lowest BCUT2D eigenvalue weighted by Crippen LogP contribution is -2.54. The molecule has 1 aliphatic rings. The normalized spacial score (nSPS) is 15.3. The molecule has 3 aromatic carbocycles. The van der Waals surface area contributed by atoms with E-state index in [1.165, 1.54) is 12.1 Å². The number of halogens is 2. The molecule has 3 aromatic rings. The van der Waals surface area contributed by atoms with Gasteiger partial charge in [-0.1, -0.05) is 57.9 Å². The summed E-state index contributed by atoms with van der Waals surface area (Å²) < 4.78 is 14.9. The maximum Gasteiger partial charge on any atom is 0.335 e. The predicted molar refractivity (Wildman–Crippen MR) is 124 cm³/mol. The Labute approximate surface area is 192 Å². The van der Waals surface area contributed by atoms with Gasteiger partial charge in [0.05, 0.1) is 5.69 Å². The van der Waals surface area contributed by atoms with Crippen molar-refractivity contribution in [2.45, 2.75) is 13.3 Å². The zero-order chi connectivity index (χ0) is 22.8. The fourth-order valence-electron chi connectivity index (χ4n) is 3.45. The van der Waals surface area contributed by atoms with E-state index in [9.17, 15) is 18.8 Å². The summed E-state index contributed by atoms with van der Waals surface area (Å²) in [6.45, 7) is 1.89. The van der Waals surface area contributed by atoms with Crippen LogP contribution in [0, 0.1) is 12.7 Å². The molecule has 0 aliphatic carbocycles. The zero-order valence-corrected chi connectivity index (χ0v) is 18.6. The second-order valence-electron chi connectivity index (χ2n) is 7.40. The summed E-state index contributed by atoms with van der Waals surface area (Å²) in [5.74, 6) is -1.84. The molecule has 0 atom stereocenters. The maximum atomic E-state index is 14.2. The number of amides is 4. The molecule has 1 N–H and O–H groups in total. The third-order valence-corrected chi connectivity index (χ3v) is 5.63. The van der Waals surface area contributed by atoms with E-state index in [-0.39, 0.29) is 17.8 Å². The van der Waals surface area contributed by atoms with Crippen LogP contribution >= 0.6 is 15.9 Å². The van der Waals surface area contributed by atoms with Crippen LogP contribution in [0.1, 0.15) is 22.3 Å². The van der Waals surface area contributed by atoms with E-state index in [4.69, 9.17) is 0 Å². The van der Waals surface area contributed by atoms with Crippen molar-refractivity contribution >= 4 is 45.5 Å². The maximum absolute atomic E-state index is 14.2. The molecule has 0 aromatic heterocycles. The van der Waals surface area contributed by atoms with Gasteiger partial charge >= 0.3 is 6.03 Å². The van der Waals surface area contributed by atoms with Gasteiger partial charge in [-0.05, 0) is 60.0 Å². The molecule has 0 radical (unpaired) electrons. The first-order valence-corrected chi connectivity index (χ1v) is 10.6. The highest BCUT2D eigenvalue weighted by Crippen LogP contribution is 2.26. The topological polar surface area (TPSA) is 66.5 Å². The molecule has 1 fully saturated rings. The monoisotopic (exact) mass is 492 g/mol. The molecule has 32 heavy (non-hydrogen) atoms. The van der Waals surface area contributed by atoms with Crippen LogP contribution in [0.5, 0.6) is 0 Å². The van der Waals surface area contributed by atoms with Crippen molar-refractivity contribution in [2.75, 3.05) is 4.90 Å². The van der Waals surface area contributed by atoms with E-state index >= 15 is 0 Å². The molecule has 5 nitrogen and oxygen atoms in total. The second-order valence-corrected chi connectivity index (χ2v) is 8.32. The molecule has 0 spiro atoms. The molecule has 160 valence electrons. The highest BCUT2D eigenvalue weighted by Gasteiger charge is 2.36. The van der Waals surface area contributed by atoms with Crippen LogP contribution in [-0.4, -0.2) is 17.8 Å². The third kappa shape index (κ3) is 4.38. The number of nitrogens with one attached hydrogen (secondary N) is 1. The van der Waals surface area contributed by atoms with Crippen LogP contribution in [0.2, 0.25) is 0 Å². The van der Waals surface area contributed by atoms with E-state index in [1.807, 2.05) is 13.0 Å². The van der Waals surface area contributed by atoms with Gasteiger partial charge in [0.25, 0.3) is 11.8 Å². The molecule has 4 amide bonds. The van der Waals surface area contributed by atoms with E-state index in [0.29, 0.717) is 16.8 Å². The van der Waals surface area contributed by atoms with Gasteiger partial charge in [0.1, 0.15) is 11.4 Å². The van der Waals surface area contributed by atoms with Crippen LogP contribution in [0.3, 0.4) is 0 Å². The fourth-order valence-corrected chi connectivity index (χ4v) is 3.83. The van der Waals surface area contributed by atoms with Crippen molar-refractivity contribution < 1.29 is 18.8 Å². The van der Waals surface area contributed by atoms with E-state index in [0.717, 1.165) is 20.5 Å². The Balaban J connectivity index is 1.75. The van der Waals surface area contributed by atoms with Gasteiger partial charge in [-0.15, -0.1) is 0 Å². The van der Waals surface area contributed by atoms with Gasteiger partial charge in [0.2, 0.25) is 0 Å². The van der Waals surface area contributed by atoms with Gasteiger partial charge < -0.3 is 0 Å². The largest absolute Gasteiger partial charge is 0.335 e. The average molecular weight is 493 g/mol. The standard InChI is InChI=1S/C25H18BrFN2O3/c1-15-6-10-20(11-7-15)29-24(31)21(23(30)28-25(29)32)14-18-13-19(26)9-8-16(18)12-17-4-2-3-5-22(17)27/h2-11,13-14H,12H2,1H3,(H,28,30,32)/b21-14+. The van der Waals surface area contributed by atoms with Gasteiger partial charge in [0, 0.05) is 10.9 Å². The van der Waals surface area contributed by atoms with Crippen molar-refractivity contribution in [3.8, 4) is 0 Å². The van der Waals surface area contributed by atoms with Gasteiger partial charge in [-0.25, -0.2) is 14.1 Å². The molecular formula is C25H18BrFN2O3. The van der Waals surface area contributed by atoms with Crippen molar-refractivity contribution in [3.63, 3.8) is 0 Å². The van der Waals surface area contributed by atoms with E-state index in [1.54, 1.807) is 54.6 Å². The number of carbonyl (C=O) groups excluding carboxylic acids is 3. The number of urea groups is 1. The third-order valence-electron chi connectivity index (χ3n) is 5.14. The van der Waals surface area contributed by atoms with Crippen molar-refractivity contribution in [3.05, 3.63) is 105 Å². The lowest BCUT2D eigenvalue weighted by atomic mass is 9.97. The summed E-state index contributed by atoms with van der Waals surface area (Å²) in [5.41, 5.74) is 2.93. The minimum atomic E-state index is -0.804. The van der Waals surface area contributed by atoms with Crippen molar-refractivity contribution in [1.82, 2.24) is 5.32 Å². The van der Waals surface area contributed by atoms with Gasteiger partial charge in [-0.3, -0.25) is 14.9 Å². The number of benzene rings is 3. The lowest BCUT2D eigenvalue weighted by molar-refractivity contribution is -0.122. The molecule has 7 heteroatoms. The average Bonchev–Trinajstić information content (AvgIpc) is 2.75. The highest BCUT2D eigenvalue weighted by molar-refractivity contribution is 9.10. The smallest absolute Gasteiger partial charge is 0.273 e. The highest BCUT2D eigenvalue weighted by atomic mass is 79.9. The predicted octanol–water partition coefficient (Wildman–Crippen LogP) is 5.15. The Morgan fingerprint density at radius 3 is 2.41 bits per heavy atom. The number of imide groups is 2. The Bertz CT molecular complexity index is 1270. The van der Waals surface area contributed by atoms with Crippen LogP contribution in [0.4, 0.5) is 14.9 Å². The van der Waals surface area contributed by atoms with E-state index in [2.05, 4.69) is 21.2 Å². The Kier molecular flexibility index (Phi) is 6.01. The Morgan fingerprint density at radius 1 is 0.969 bits per heavy atom. The van der Waals surface area contributed by atoms with Crippen LogP contribution in [-0.2, 0) is 16.0 Å². The molecule has 0 unspecified atom stereocenters. The molecule has 4 rings (SSSR count). The quantitative estimate of drug-likeness (QED) is 0.404. The number of hydrogen-bond acceptors (Lipinski definition) is 3. The Hall–Kier alpha value is -3.58. The fraction of sp³-hybridized carbons (Fsp3) is 0.0800. The van der Waals surface area contributed by atoms with Crippen LogP contribution in [0.25, 0.3) is 6.08 Å². The first kappa shape index (κ1) is 21.6. The van der Waals surface area contributed by atoms with Crippen molar-refractivity contribution in [2.24, 2.45) is 0 Å². The molecule has 0 bridgehead atoms. The summed E-state index contributed by atoms with van der Waals surface area (Å²) >= 11 is 3.40. The number of carbonyl (C=O) groups is 3. The van der Waals surface area contributed by atoms with Crippen LogP contribution < -0.4 is 10.2 Å². The SMILES string of the molecule is Cc1ccc(N2C(=O)NC(=O)/C(=C\c3cc(Br)ccc3Cc3ccccc3F)C2=O)cc1. The molecule has 1 aliphatic heterocycles. The number of hydrogen-bond donors (Lipinski definition) is 1. The number of nitrogens with zero attached hydrogens (tertiary/aromatic N) is 1. The molecule has 1 heterocycles. The molecule has 1 saturated heterocycles. The van der Waals surface area contributed by atoms with Crippen LogP contribution in [0.15, 0.2) is 76.8 Å². The minimum absolute atomic E-state index is 0.182. The first-order valence-electron chi connectivity index (χ1n) is 9.83. The number of barbiturate groups is 1. The van der Waals surface area contributed by atoms with E-state index < -0.39 is 17.8 Å². The summed E-state index contributed by atoms with van der Waals surface area (Å²) in [7, 11) is 0. The Morgan fingerprint density at radius 2 is 1.69 bits per heavy atom. The van der Waals surface area contributed by atoms with Crippen molar-refractivity contribution in [1.29, 1.82) is 0 Å². The summed E-state index contributed by atoms with van der Waals surface area (Å²) in [6.07, 6.45) is 1.71. The number of aryl methyl sites for hydroxylation is 1. The summed E-state index contributed by atoms with van der Waals surface area (Å²) in [5, 5.41) is 2.22. The second kappa shape index (κ2) is 8.88. The summed E-state index contributed by atoms with van der Waals surface area (Å²) in [6, 6.07) is 17.8. The van der Waals surface area contributed by atoms with Gasteiger partial charge in [0.15, 0.2) is 0 Å². The number of anilines is 1. The minimum Gasteiger partial charge on any atom is -0.273 e. The first-order chi connectivity index (χ1) is 15.3. The molecule has 0 saturated carbocycles. The van der Waals surface area contributed by atoms with Gasteiger partial charge in [-0.2, -0.15) is 0 Å². The molecular weight excluding hydrogens is 475 g/mol. The zero-order valence-electron chi connectivity index (χ0n) is 17.1. The number of rotatable bonds is 4. The summed E-state index contributed by atoms with van der Waals surface area (Å²) in [4.78, 5) is 39.0. The lowest BCUT2D eigenvalue weighted by Gasteiger charge is -2.26.